The van der Waals surface area contributed by atoms with E-state index in [4.69, 9.17) is 21.8 Å². The van der Waals surface area contributed by atoms with Crippen LogP contribution in [0.4, 0.5) is 10.1 Å². The molecule has 2 aromatic carbocycles. The van der Waals surface area contributed by atoms with Gasteiger partial charge < -0.3 is 20.8 Å². The molecule has 30 heavy (non-hydrogen) atoms. The fraction of sp³-hybridized carbons (Fsp3) is 0.364. The third kappa shape index (κ3) is 7.31. The summed E-state index contributed by atoms with van der Waals surface area (Å²) in [6.45, 7) is 4.03. The van der Waals surface area contributed by atoms with Crippen LogP contribution in [0.5, 0.6) is 0 Å². The van der Waals surface area contributed by atoms with E-state index >= 15 is 0 Å². The number of aliphatic carboxylic acids is 2. The van der Waals surface area contributed by atoms with Crippen molar-refractivity contribution in [1.29, 1.82) is 0 Å². The summed E-state index contributed by atoms with van der Waals surface area (Å²) in [6.07, 6.45) is 1.39. The van der Waals surface area contributed by atoms with E-state index < -0.39 is 11.9 Å². The predicted octanol–water partition coefficient (Wildman–Crippen LogP) is 4.28. The van der Waals surface area contributed by atoms with Crippen molar-refractivity contribution in [2.45, 2.75) is 38.6 Å². The standard InChI is InChI=1S/C18H20ClFN2.C4H6O4/c1-12(13-2-5-15(20)6-3-13)22-18-16-9-11-21-10-8-14(16)4-7-17(18)19;5-3(6)1-2-4(7)8/h2-7,12,21-22H,8-11H2,1H3;1-2H2,(H,5,6)(H,7,8)/t12-;/m0./s1. The van der Waals surface area contributed by atoms with Crippen LogP contribution in [0, 0.1) is 5.82 Å². The maximum Gasteiger partial charge on any atom is 0.303 e. The van der Waals surface area contributed by atoms with Gasteiger partial charge in [0.2, 0.25) is 0 Å². The molecule has 0 bridgehead atoms. The van der Waals surface area contributed by atoms with Crippen LogP contribution in [0.3, 0.4) is 0 Å². The van der Waals surface area contributed by atoms with Gasteiger partial charge in [0.15, 0.2) is 0 Å². The Labute approximate surface area is 180 Å². The lowest BCUT2D eigenvalue weighted by molar-refractivity contribution is -0.143. The topological polar surface area (TPSA) is 98.7 Å². The average Bonchev–Trinajstić information content (AvgIpc) is 2.95. The van der Waals surface area contributed by atoms with Gasteiger partial charge in [-0.05, 0) is 67.7 Å². The summed E-state index contributed by atoms with van der Waals surface area (Å²) >= 11 is 6.43. The number of carbonyl (C=O) groups is 2. The number of fused-ring (bicyclic) bond motifs is 1. The number of halogens is 2. The molecule has 0 aliphatic carbocycles. The van der Waals surface area contributed by atoms with Crippen LogP contribution in [0.15, 0.2) is 36.4 Å². The van der Waals surface area contributed by atoms with Crippen molar-refractivity contribution in [2.75, 3.05) is 18.4 Å². The molecule has 1 aliphatic heterocycles. The molecule has 162 valence electrons. The third-order valence-electron chi connectivity index (χ3n) is 4.77. The number of rotatable bonds is 6. The average molecular weight is 437 g/mol. The number of hydrogen-bond acceptors (Lipinski definition) is 4. The third-order valence-corrected chi connectivity index (χ3v) is 5.08. The van der Waals surface area contributed by atoms with E-state index in [2.05, 4.69) is 23.6 Å². The Morgan fingerprint density at radius 3 is 2.27 bits per heavy atom. The summed E-state index contributed by atoms with van der Waals surface area (Å²) in [6, 6.07) is 10.8. The molecule has 6 nitrogen and oxygen atoms in total. The van der Waals surface area contributed by atoms with Crippen LogP contribution in [0.2, 0.25) is 5.02 Å². The molecular weight excluding hydrogens is 411 g/mol. The predicted molar refractivity (Wildman–Crippen MR) is 115 cm³/mol. The van der Waals surface area contributed by atoms with Crippen molar-refractivity contribution >= 4 is 29.2 Å². The fourth-order valence-corrected chi connectivity index (χ4v) is 3.40. The SMILES string of the molecule is C[C@H](Nc1c(Cl)ccc2c1CCNCC2)c1ccc(F)cc1.O=C(O)CCC(=O)O. The van der Waals surface area contributed by atoms with E-state index in [1.54, 1.807) is 0 Å². The van der Waals surface area contributed by atoms with E-state index in [-0.39, 0.29) is 24.7 Å². The van der Waals surface area contributed by atoms with Gasteiger partial charge in [-0.25, -0.2) is 4.39 Å². The second kappa shape index (κ2) is 11.5. The zero-order valence-electron chi connectivity index (χ0n) is 16.8. The minimum atomic E-state index is -1.08. The Bertz CT molecular complexity index is 860. The summed E-state index contributed by atoms with van der Waals surface area (Å²) in [7, 11) is 0. The van der Waals surface area contributed by atoms with E-state index in [0.29, 0.717) is 0 Å². The van der Waals surface area contributed by atoms with Gasteiger partial charge in [-0.3, -0.25) is 9.59 Å². The first-order valence-electron chi connectivity index (χ1n) is 9.74. The molecule has 0 unspecified atom stereocenters. The zero-order chi connectivity index (χ0) is 22.1. The highest BCUT2D eigenvalue weighted by Gasteiger charge is 2.17. The highest BCUT2D eigenvalue weighted by molar-refractivity contribution is 6.33. The molecule has 0 spiro atoms. The van der Waals surface area contributed by atoms with Crippen molar-refractivity contribution in [3.05, 3.63) is 63.9 Å². The van der Waals surface area contributed by atoms with Gasteiger partial charge in [-0.1, -0.05) is 29.8 Å². The van der Waals surface area contributed by atoms with E-state index in [1.165, 1.54) is 23.3 Å². The van der Waals surface area contributed by atoms with Crippen LogP contribution in [0.1, 0.15) is 42.5 Å². The Balaban J connectivity index is 0.000000343. The number of nitrogens with one attached hydrogen (secondary N) is 2. The molecule has 8 heteroatoms. The van der Waals surface area contributed by atoms with E-state index in [9.17, 15) is 14.0 Å². The first kappa shape index (κ1) is 23.6. The van der Waals surface area contributed by atoms with Gasteiger partial charge in [-0.2, -0.15) is 0 Å². The van der Waals surface area contributed by atoms with Crippen molar-refractivity contribution in [3.8, 4) is 0 Å². The van der Waals surface area contributed by atoms with Crippen LogP contribution in [-0.2, 0) is 22.4 Å². The van der Waals surface area contributed by atoms with Gasteiger partial charge >= 0.3 is 11.9 Å². The molecule has 0 aromatic heterocycles. The zero-order valence-corrected chi connectivity index (χ0v) is 17.5. The maximum atomic E-state index is 13.1. The molecular formula is C22H26ClFN2O4. The summed E-state index contributed by atoms with van der Waals surface area (Å²) < 4.78 is 13.1. The lowest BCUT2D eigenvalue weighted by Gasteiger charge is -2.21. The van der Waals surface area contributed by atoms with Crippen LogP contribution in [0.25, 0.3) is 0 Å². The smallest absolute Gasteiger partial charge is 0.303 e. The number of anilines is 1. The number of benzene rings is 2. The van der Waals surface area contributed by atoms with Crippen molar-refractivity contribution in [3.63, 3.8) is 0 Å². The van der Waals surface area contributed by atoms with Crippen LogP contribution < -0.4 is 10.6 Å². The normalized spacial score (nSPS) is 13.8. The van der Waals surface area contributed by atoms with E-state index in [1.807, 2.05) is 18.2 Å². The molecule has 0 radical (unpaired) electrons. The number of carboxylic acid groups (broad SMARTS) is 2. The van der Waals surface area contributed by atoms with Gasteiger partial charge in [0.05, 0.1) is 23.6 Å². The number of carboxylic acids is 2. The fourth-order valence-electron chi connectivity index (χ4n) is 3.16. The van der Waals surface area contributed by atoms with Gasteiger partial charge in [0.1, 0.15) is 5.82 Å². The Hall–Kier alpha value is -2.64. The van der Waals surface area contributed by atoms with Crippen LogP contribution >= 0.6 is 11.6 Å². The summed E-state index contributed by atoms with van der Waals surface area (Å²) in [4.78, 5) is 19.3. The lowest BCUT2D eigenvalue weighted by atomic mass is 9.99. The molecule has 3 rings (SSSR count). The summed E-state index contributed by atoms with van der Waals surface area (Å²) in [5.74, 6) is -2.37. The van der Waals surface area contributed by atoms with Gasteiger partial charge in [0.25, 0.3) is 0 Å². The largest absolute Gasteiger partial charge is 0.481 e. The second-order valence-corrected chi connectivity index (χ2v) is 7.42. The van der Waals surface area contributed by atoms with Gasteiger partial charge in [0, 0.05) is 6.04 Å². The van der Waals surface area contributed by atoms with Crippen molar-refractivity contribution in [1.82, 2.24) is 5.32 Å². The molecule has 4 N–H and O–H groups in total. The first-order chi connectivity index (χ1) is 14.3. The monoisotopic (exact) mass is 436 g/mol. The summed E-state index contributed by atoms with van der Waals surface area (Å²) in [5, 5.41) is 23.5. The maximum absolute atomic E-state index is 13.1. The molecule has 0 amide bonds. The van der Waals surface area contributed by atoms with Gasteiger partial charge in [-0.15, -0.1) is 0 Å². The molecule has 1 atom stereocenters. The molecule has 0 saturated heterocycles. The van der Waals surface area contributed by atoms with Crippen LogP contribution in [-0.4, -0.2) is 35.2 Å². The van der Waals surface area contributed by atoms with E-state index in [0.717, 1.165) is 42.2 Å². The Kier molecular flexibility index (Phi) is 9.08. The second-order valence-electron chi connectivity index (χ2n) is 7.02. The van der Waals surface area contributed by atoms with Crippen molar-refractivity contribution in [2.24, 2.45) is 0 Å². The first-order valence-corrected chi connectivity index (χ1v) is 10.1. The Morgan fingerprint density at radius 2 is 1.67 bits per heavy atom. The lowest BCUT2D eigenvalue weighted by Crippen LogP contribution is -2.16. The van der Waals surface area contributed by atoms with Crippen molar-refractivity contribution < 1.29 is 24.2 Å². The number of hydrogen-bond donors (Lipinski definition) is 4. The quantitative estimate of drug-likeness (QED) is 0.539. The molecule has 0 saturated carbocycles. The minimum absolute atomic E-state index is 0.0702. The minimum Gasteiger partial charge on any atom is -0.481 e. The molecule has 2 aromatic rings. The summed E-state index contributed by atoms with van der Waals surface area (Å²) in [5.41, 5.74) is 4.70. The highest BCUT2D eigenvalue weighted by Crippen LogP contribution is 2.33. The molecule has 0 fully saturated rings. The molecule has 1 heterocycles. The highest BCUT2D eigenvalue weighted by atomic mass is 35.5. The molecule has 1 aliphatic rings. The Morgan fingerprint density at radius 1 is 1.07 bits per heavy atom.